The molecule has 0 radical (unpaired) electrons. The van der Waals surface area contributed by atoms with E-state index >= 15 is 0 Å². The first kappa shape index (κ1) is 11.1. The van der Waals surface area contributed by atoms with Crippen molar-refractivity contribution in [2.75, 3.05) is 18.9 Å². The van der Waals surface area contributed by atoms with Crippen molar-refractivity contribution in [3.8, 4) is 16.9 Å². The van der Waals surface area contributed by atoms with E-state index in [-0.39, 0.29) is 6.10 Å². The van der Waals surface area contributed by atoms with E-state index in [0.717, 1.165) is 29.9 Å². The van der Waals surface area contributed by atoms with Crippen LogP contribution in [0.1, 0.15) is 6.42 Å². The second kappa shape index (κ2) is 4.70. The lowest BCUT2D eigenvalue weighted by atomic mass is 10.1. The van der Waals surface area contributed by atoms with Gasteiger partial charge in [0.15, 0.2) is 0 Å². The van der Waals surface area contributed by atoms with Gasteiger partial charge in [-0.25, -0.2) is 0 Å². The third-order valence-corrected chi connectivity index (χ3v) is 2.96. The molecule has 2 aromatic rings. The van der Waals surface area contributed by atoms with Gasteiger partial charge in [-0.3, -0.25) is 0 Å². The molecule has 0 aliphatic carbocycles. The zero-order chi connectivity index (χ0) is 12.4. The summed E-state index contributed by atoms with van der Waals surface area (Å²) < 4.78 is 16.1. The average molecular weight is 246 g/mol. The predicted molar refractivity (Wildman–Crippen MR) is 66.2 cm³/mol. The highest BCUT2D eigenvalue weighted by Gasteiger charge is 2.20. The first-order valence-electron chi connectivity index (χ1n) is 5.88. The number of nitrogens with zero attached hydrogens (tertiary/aromatic N) is 1. The number of anilines is 1. The second-order valence-corrected chi connectivity index (χ2v) is 4.20. The number of hydrogen-bond acceptors (Lipinski definition) is 5. The SMILES string of the molecule is Nc1oncc1-c1ccccc1OC1CCOC1. The molecule has 3 rings (SSSR count). The van der Waals surface area contributed by atoms with Crippen LogP contribution in [-0.4, -0.2) is 24.5 Å². The molecule has 1 aliphatic rings. The molecule has 2 N–H and O–H groups in total. The molecule has 0 saturated carbocycles. The number of ether oxygens (including phenoxy) is 2. The van der Waals surface area contributed by atoms with E-state index < -0.39 is 0 Å². The van der Waals surface area contributed by atoms with Gasteiger partial charge < -0.3 is 19.7 Å². The molecule has 1 aromatic carbocycles. The van der Waals surface area contributed by atoms with Gasteiger partial charge in [-0.1, -0.05) is 23.4 Å². The van der Waals surface area contributed by atoms with Crippen LogP contribution in [0, 0.1) is 0 Å². The van der Waals surface area contributed by atoms with E-state index in [1.807, 2.05) is 24.3 Å². The number of para-hydroxylation sites is 1. The maximum atomic E-state index is 5.94. The Labute approximate surface area is 104 Å². The largest absolute Gasteiger partial charge is 0.487 e. The molecule has 18 heavy (non-hydrogen) atoms. The number of nitrogen functional groups attached to an aromatic ring is 1. The normalized spacial score (nSPS) is 19.0. The summed E-state index contributed by atoms with van der Waals surface area (Å²) in [5, 5.41) is 3.69. The Bertz CT molecular complexity index is 533. The molecule has 1 unspecified atom stereocenters. The minimum Gasteiger partial charge on any atom is -0.487 e. The molecule has 2 heterocycles. The highest BCUT2D eigenvalue weighted by atomic mass is 16.5. The number of benzene rings is 1. The van der Waals surface area contributed by atoms with Crippen LogP contribution in [0.5, 0.6) is 5.75 Å². The van der Waals surface area contributed by atoms with Crippen LogP contribution >= 0.6 is 0 Å². The van der Waals surface area contributed by atoms with Gasteiger partial charge in [0.05, 0.1) is 25.0 Å². The number of aromatic nitrogens is 1. The summed E-state index contributed by atoms with van der Waals surface area (Å²) in [5.41, 5.74) is 7.39. The van der Waals surface area contributed by atoms with Crippen molar-refractivity contribution in [2.24, 2.45) is 0 Å². The van der Waals surface area contributed by atoms with Gasteiger partial charge in [-0.15, -0.1) is 0 Å². The van der Waals surface area contributed by atoms with E-state index in [1.54, 1.807) is 6.20 Å². The topological polar surface area (TPSA) is 70.5 Å². The Morgan fingerprint density at radius 1 is 1.28 bits per heavy atom. The fourth-order valence-electron chi connectivity index (χ4n) is 2.03. The minimum absolute atomic E-state index is 0.104. The van der Waals surface area contributed by atoms with Crippen molar-refractivity contribution in [3.63, 3.8) is 0 Å². The summed E-state index contributed by atoms with van der Waals surface area (Å²) in [5.74, 6) is 1.08. The number of rotatable bonds is 3. The van der Waals surface area contributed by atoms with Gasteiger partial charge in [0.1, 0.15) is 11.9 Å². The first-order valence-corrected chi connectivity index (χ1v) is 5.88. The maximum Gasteiger partial charge on any atom is 0.230 e. The molecule has 5 nitrogen and oxygen atoms in total. The molecule has 1 fully saturated rings. The zero-order valence-electron chi connectivity index (χ0n) is 9.83. The van der Waals surface area contributed by atoms with Gasteiger partial charge in [-0.05, 0) is 6.07 Å². The van der Waals surface area contributed by atoms with Crippen molar-refractivity contribution in [2.45, 2.75) is 12.5 Å². The van der Waals surface area contributed by atoms with E-state index in [0.29, 0.717) is 12.5 Å². The first-order chi connectivity index (χ1) is 8.84. The summed E-state index contributed by atoms with van der Waals surface area (Å²) >= 11 is 0. The van der Waals surface area contributed by atoms with Crippen molar-refractivity contribution in [3.05, 3.63) is 30.5 Å². The van der Waals surface area contributed by atoms with Crippen LogP contribution in [0.25, 0.3) is 11.1 Å². The second-order valence-electron chi connectivity index (χ2n) is 4.20. The van der Waals surface area contributed by atoms with Crippen LogP contribution < -0.4 is 10.5 Å². The molecule has 1 saturated heterocycles. The lowest BCUT2D eigenvalue weighted by molar-refractivity contribution is 0.142. The van der Waals surface area contributed by atoms with Crippen LogP contribution in [0.3, 0.4) is 0 Å². The highest BCUT2D eigenvalue weighted by molar-refractivity contribution is 5.76. The van der Waals surface area contributed by atoms with Gasteiger partial charge in [0.2, 0.25) is 5.88 Å². The monoisotopic (exact) mass is 246 g/mol. The molecule has 94 valence electrons. The van der Waals surface area contributed by atoms with Crippen molar-refractivity contribution >= 4 is 5.88 Å². The fraction of sp³-hybridized carbons (Fsp3) is 0.308. The minimum atomic E-state index is 0.104. The van der Waals surface area contributed by atoms with Crippen molar-refractivity contribution in [1.29, 1.82) is 0 Å². The average Bonchev–Trinajstić information content (AvgIpc) is 3.02. The maximum absolute atomic E-state index is 5.94. The smallest absolute Gasteiger partial charge is 0.230 e. The standard InChI is InChI=1S/C13H14N2O3/c14-13-11(7-15-18-13)10-3-1-2-4-12(10)17-9-5-6-16-8-9/h1-4,7,9H,5-6,8,14H2. The Hall–Kier alpha value is -2.01. The lowest BCUT2D eigenvalue weighted by Crippen LogP contribution is -2.16. The van der Waals surface area contributed by atoms with E-state index in [9.17, 15) is 0 Å². The Morgan fingerprint density at radius 2 is 2.17 bits per heavy atom. The molecule has 1 aliphatic heterocycles. The Balaban J connectivity index is 1.92. The van der Waals surface area contributed by atoms with Crippen LogP contribution in [-0.2, 0) is 4.74 Å². The molecule has 0 bridgehead atoms. The highest BCUT2D eigenvalue weighted by Crippen LogP contribution is 2.34. The van der Waals surface area contributed by atoms with Crippen LogP contribution in [0.2, 0.25) is 0 Å². The summed E-state index contributed by atoms with van der Waals surface area (Å²) in [7, 11) is 0. The van der Waals surface area contributed by atoms with E-state index in [1.165, 1.54) is 0 Å². The summed E-state index contributed by atoms with van der Waals surface area (Å²) in [6, 6.07) is 7.71. The molecule has 0 spiro atoms. The fourth-order valence-corrected chi connectivity index (χ4v) is 2.03. The molecule has 1 atom stereocenters. The van der Waals surface area contributed by atoms with Crippen molar-refractivity contribution in [1.82, 2.24) is 5.16 Å². The van der Waals surface area contributed by atoms with Crippen LogP contribution in [0.4, 0.5) is 5.88 Å². The summed E-state index contributed by atoms with van der Waals surface area (Å²) in [4.78, 5) is 0. The molecular weight excluding hydrogens is 232 g/mol. The van der Waals surface area contributed by atoms with Crippen LogP contribution in [0.15, 0.2) is 35.0 Å². The van der Waals surface area contributed by atoms with Crippen molar-refractivity contribution < 1.29 is 14.0 Å². The Morgan fingerprint density at radius 3 is 2.89 bits per heavy atom. The van der Waals surface area contributed by atoms with E-state index in [2.05, 4.69) is 5.16 Å². The van der Waals surface area contributed by atoms with Gasteiger partial charge in [-0.2, -0.15) is 0 Å². The Kier molecular flexibility index (Phi) is 2.90. The summed E-state index contributed by atoms with van der Waals surface area (Å²) in [6.45, 7) is 1.38. The molecule has 1 aromatic heterocycles. The molecular formula is C13H14N2O3. The molecule has 0 amide bonds. The number of nitrogens with two attached hydrogens (primary N) is 1. The third kappa shape index (κ3) is 2.04. The summed E-state index contributed by atoms with van der Waals surface area (Å²) in [6.07, 6.45) is 2.61. The lowest BCUT2D eigenvalue weighted by Gasteiger charge is -2.14. The van der Waals surface area contributed by atoms with Gasteiger partial charge >= 0.3 is 0 Å². The third-order valence-electron chi connectivity index (χ3n) is 2.96. The van der Waals surface area contributed by atoms with E-state index in [4.69, 9.17) is 19.7 Å². The molecule has 5 heteroatoms. The quantitative estimate of drug-likeness (QED) is 0.897. The number of hydrogen-bond donors (Lipinski definition) is 1. The van der Waals surface area contributed by atoms with Gasteiger partial charge in [0, 0.05) is 12.0 Å². The predicted octanol–water partition coefficient (Wildman–Crippen LogP) is 2.09. The zero-order valence-corrected chi connectivity index (χ0v) is 9.83. The van der Waals surface area contributed by atoms with Gasteiger partial charge in [0.25, 0.3) is 0 Å².